The topological polar surface area (TPSA) is 24.1 Å². The lowest BCUT2D eigenvalue weighted by Gasteiger charge is -2.02. The average Bonchev–Trinajstić information content (AvgIpc) is 2.21. The summed E-state index contributed by atoms with van der Waals surface area (Å²) in [4.78, 5) is 0. The molecule has 14 heavy (non-hydrogen) atoms. The van der Waals surface area contributed by atoms with Gasteiger partial charge in [0.05, 0.1) is 0 Å². The molecule has 2 N–H and O–H groups in total. The van der Waals surface area contributed by atoms with Crippen LogP contribution in [0.3, 0.4) is 0 Å². The average molecular weight is 236 g/mol. The highest BCUT2D eigenvalue weighted by atomic mass is 33.1. The molecule has 0 saturated carbocycles. The molecule has 0 rings (SSSR count). The van der Waals surface area contributed by atoms with Crippen LogP contribution in [0.2, 0.25) is 0 Å². The SMILES string of the molecule is CCNCCCSSCCCNCC. The Balaban J connectivity index is 2.78. The van der Waals surface area contributed by atoms with Crippen molar-refractivity contribution in [3.63, 3.8) is 0 Å². The molecule has 0 radical (unpaired) electrons. The standard InChI is InChI=1S/C10H24N2S2/c1-3-11-7-5-9-13-14-10-6-8-12-4-2/h11-12H,3-10H2,1-2H3. The minimum absolute atomic E-state index is 1.10. The molecule has 86 valence electrons. The van der Waals surface area contributed by atoms with Crippen LogP contribution in [0.15, 0.2) is 0 Å². The Kier molecular flexibility index (Phi) is 14.2. The molecule has 0 saturated heterocycles. The molecule has 0 aliphatic rings. The van der Waals surface area contributed by atoms with Crippen molar-refractivity contribution >= 4 is 21.6 Å². The smallest absolute Gasteiger partial charge is 0.00490 e. The van der Waals surface area contributed by atoms with Crippen LogP contribution in [0.4, 0.5) is 0 Å². The zero-order valence-electron chi connectivity index (χ0n) is 9.47. The summed E-state index contributed by atoms with van der Waals surface area (Å²) in [6.45, 7) is 8.84. The molecule has 0 fully saturated rings. The summed E-state index contributed by atoms with van der Waals surface area (Å²) in [6.07, 6.45) is 2.58. The van der Waals surface area contributed by atoms with E-state index in [9.17, 15) is 0 Å². The maximum Gasteiger partial charge on any atom is 0.00490 e. The molecule has 4 heteroatoms. The van der Waals surface area contributed by atoms with Crippen LogP contribution in [0.5, 0.6) is 0 Å². The highest BCUT2D eigenvalue weighted by Crippen LogP contribution is 2.22. The van der Waals surface area contributed by atoms with E-state index >= 15 is 0 Å². The quantitative estimate of drug-likeness (QED) is 0.425. The van der Waals surface area contributed by atoms with Gasteiger partial charge in [-0.3, -0.25) is 0 Å². The minimum Gasteiger partial charge on any atom is -0.317 e. The molecular weight excluding hydrogens is 212 g/mol. The maximum absolute atomic E-state index is 3.33. The Bertz CT molecular complexity index is 90.1. The van der Waals surface area contributed by atoms with Crippen molar-refractivity contribution in [1.82, 2.24) is 10.6 Å². The van der Waals surface area contributed by atoms with Crippen molar-refractivity contribution < 1.29 is 0 Å². The van der Waals surface area contributed by atoms with E-state index in [1.54, 1.807) is 0 Å². The first-order chi connectivity index (χ1) is 6.91. The van der Waals surface area contributed by atoms with E-state index in [1.807, 2.05) is 21.6 Å². The summed E-state index contributed by atoms with van der Waals surface area (Å²) < 4.78 is 0. The highest BCUT2D eigenvalue weighted by molar-refractivity contribution is 8.76. The molecule has 0 atom stereocenters. The lowest BCUT2D eigenvalue weighted by molar-refractivity contribution is 0.707. The third-order valence-corrected chi connectivity index (χ3v) is 4.32. The lowest BCUT2D eigenvalue weighted by atomic mass is 10.5. The second kappa shape index (κ2) is 13.6. The molecule has 0 heterocycles. The van der Waals surface area contributed by atoms with E-state index in [-0.39, 0.29) is 0 Å². The van der Waals surface area contributed by atoms with E-state index in [0.29, 0.717) is 0 Å². The van der Waals surface area contributed by atoms with E-state index in [0.717, 1.165) is 13.1 Å². The molecule has 0 aromatic heterocycles. The van der Waals surface area contributed by atoms with Crippen molar-refractivity contribution in [3.8, 4) is 0 Å². The zero-order valence-corrected chi connectivity index (χ0v) is 11.1. The first-order valence-corrected chi connectivity index (χ1v) is 8.06. The number of hydrogen-bond acceptors (Lipinski definition) is 4. The Hall–Kier alpha value is 0.620. The van der Waals surface area contributed by atoms with Gasteiger partial charge in [0, 0.05) is 11.5 Å². The second-order valence-corrected chi connectivity index (χ2v) is 5.76. The van der Waals surface area contributed by atoms with Gasteiger partial charge in [-0.1, -0.05) is 35.4 Å². The van der Waals surface area contributed by atoms with E-state index in [1.165, 1.54) is 37.4 Å². The highest BCUT2D eigenvalue weighted by Gasteiger charge is 1.91. The van der Waals surface area contributed by atoms with Gasteiger partial charge < -0.3 is 10.6 Å². The fraction of sp³-hybridized carbons (Fsp3) is 1.00. The van der Waals surface area contributed by atoms with Gasteiger partial charge in [-0.25, -0.2) is 0 Å². The van der Waals surface area contributed by atoms with Crippen molar-refractivity contribution in [1.29, 1.82) is 0 Å². The monoisotopic (exact) mass is 236 g/mol. The van der Waals surface area contributed by atoms with Crippen LogP contribution >= 0.6 is 21.6 Å². The van der Waals surface area contributed by atoms with E-state index < -0.39 is 0 Å². The number of hydrogen-bond donors (Lipinski definition) is 2. The molecule has 0 spiro atoms. The fourth-order valence-electron chi connectivity index (χ4n) is 0.984. The van der Waals surface area contributed by atoms with Gasteiger partial charge in [0.15, 0.2) is 0 Å². The third-order valence-electron chi connectivity index (χ3n) is 1.75. The largest absolute Gasteiger partial charge is 0.317 e. The summed E-state index contributed by atoms with van der Waals surface area (Å²) in [5, 5.41) is 6.67. The molecule has 2 nitrogen and oxygen atoms in total. The van der Waals surface area contributed by atoms with Crippen molar-refractivity contribution in [2.45, 2.75) is 26.7 Å². The van der Waals surface area contributed by atoms with Crippen LogP contribution in [0.1, 0.15) is 26.7 Å². The first kappa shape index (κ1) is 14.6. The Labute approximate surface area is 96.8 Å². The van der Waals surface area contributed by atoms with Crippen LogP contribution in [0.25, 0.3) is 0 Å². The second-order valence-electron chi connectivity index (χ2n) is 3.06. The molecule has 0 aliphatic carbocycles. The summed E-state index contributed by atoms with van der Waals surface area (Å²) in [5.74, 6) is 2.55. The maximum atomic E-state index is 3.33. The van der Waals surface area contributed by atoms with Crippen molar-refractivity contribution in [2.24, 2.45) is 0 Å². The van der Waals surface area contributed by atoms with E-state index in [4.69, 9.17) is 0 Å². The number of rotatable bonds is 11. The zero-order chi connectivity index (χ0) is 10.5. The predicted molar refractivity (Wildman–Crippen MR) is 71.2 cm³/mol. The first-order valence-electron chi connectivity index (χ1n) is 5.57. The normalized spacial score (nSPS) is 10.7. The molecule has 0 aromatic rings. The van der Waals surface area contributed by atoms with Crippen LogP contribution in [-0.4, -0.2) is 37.7 Å². The fourth-order valence-corrected chi connectivity index (χ4v) is 3.16. The van der Waals surface area contributed by atoms with Crippen molar-refractivity contribution in [2.75, 3.05) is 37.7 Å². The van der Waals surface area contributed by atoms with Gasteiger partial charge >= 0.3 is 0 Å². The molecule has 0 unspecified atom stereocenters. The van der Waals surface area contributed by atoms with Gasteiger partial charge in [0.2, 0.25) is 0 Å². The van der Waals surface area contributed by atoms with Gasteiger partial charge in [-0.15, -0.1) is 0 Å². The summed E-state index contributed by atoms with van der Waals surface area (Å²) in [7, 11) is 4.02. The Morgan fingerprint density at radius 1 is 0.786 bits per heavy atom. The predicted octanol–water partition coefficient (Wildman–Crippen LogP) is 2.37. The molecule has 0 bridgehead atoms. The Morgan fingerprint density at radius 3 is 1.57 bits per heavy atom. The van der Waals surface area contributed by atoms with E-state index in [2.05, 4.69) is 24.5 Å². The lowest BCUT2D eigenvalue weighted by Crippen LogP contribution is -2.14. The van der Waals surface area contributed by atoms with Crippen molar-refractivity contribution in [3.05, 3.63) is 0 Å². The minimum atomic E-state index is 1.10. The third kappa shape index (κ3) is 12.6. The van der Waals surface area contributed by atoms with Crippen LogP contribution < -0.4 is 10.6 Å². The van der Waals surface area contributed by atoms with Gasteiger partial charge in [0.1, 0.15) is 0 Å². The van der Waals surface area contributed by atoms with Gasteiger partial charge in [-0.05, 0) is 39.0 Å². The molecule has 0 aromatic carbocycles. The molecular formula is C10H24N2S2. The van der Waals surface area contributed by atoms with Crippen LogP contribution in [-0.2, 0) is 0 Å². The summed E-state index contributed by atoms with van der Waals surface area (Å²) in [5.41, 5.74) is 0. The summed E-state index contributed by atoms with van der Waals surface area (Å²) >= 11 is 0. The molecule has 0 aliphatic heterocycles. The van der Waals surface area contributed by atoms with Crippen LogP contribution in [0, 0.1) is 0 Å². The number of nitrogens with one attached hydrogen (secondary N) is 2. The molecule has 0 amide bonds. The Morgan fingerprint density at radius 2 is 1.21 bits per heavy atom. The van der Waals surface area contributed by atoms with Gasteiger partial charge in [-0.2, -0.15) is 0 Å². The summed E-state index contributed by atoms with van der Waals surface area (Å²) in [6, 6.07) is 0. The van der Waals surface area contributed by atoms with Gasteiger partial charge in [0.25, 0.3) is 0 Å².